The SMILES string of the molecule is CCCNC(Cc1ccc(Br)cn1)c1ccnnc1. The van der Waals surface area contributed by atoms with Gasteiger partial charge in [-0.25, -0.2) is 0 Å². The van der Waals surface area contributed by atoms with E-state index in [1.54, 1.807) is 6.20 Å². The highest BCUT2D eigenvalue weighted by Gasteiger charge is 2.12. The Kier molecular flexibility index (Phi) is 5.42. The van der Waals surface area contributed by atoms with Crippen LogP contribution in [-0.2, 0) is 6.42 Å². The highest BCUT2D eigenvalue weighted by molar-refractivity contribution is 9.10. The quantitative estimate of drug-likeness (QED) is 0.889. The van der Waals surface area contributed by atoms with Crippen molar-refractivity contribution in [2.24, 2.45) is 0 Å². The van der Waals surface area contributed by atoms with E-state index in [4.69, 9.17) is 0 Å². The minimum absolute atomic E-state index is 0.226. The number of aromatic nitrogens is 3. The summed E-state index contributed by atoms with van der Waals surface area (Å²) in [6, 6.07) is 6.28. The minimum atomic E-state index is 0.226. The molecule has 100 valence electrons. The van der Waals surface area contributed by atoms with Gasteiger partial charge in [-0.2, -0.15) is 10.2 Å². The predicted molar refractivity (Wildman–Crippen MR) is 78.7 cm³/mol. The summed E-state index contributed by atoms with van der Waals surface area (Å²) >= 11 is 3.40. The Morgan fingerprint density at radius 2 is 2.11 bits per heavy atom. The van der Waals surface area contributed by atoms with Crippen LogP contribution in [0.4, 0.5) is 0 Å². The van der Waals surface area contributed by atoms with Crippen LogP contribution in [0, 0.1) is 0 Å². The molecule has 4 nitrogen and oxygen atoms in total. The van der Waals surface area contributed by atoms with Gasteiger partial charge in [0.25, 0.3) is 0 Å². The number of hydrogen-bond acceptors (Lipinski definition) is 4. The molecule has 0 aliphatic rings. The van der Waals surface area contributed by atoms with E-state index >= 15 is 0 Å². The van der Waals surface area contributed by atoms with Gasteiger partial charge in [0.15, 0.2) is 0 Å². The van der Waals surface area contributed by atoms with Crippen LogP contribution < -0.4 is 5.32 Å². The van der Waals surface area contributed by atoms with Crippen molar-refractivity contribution in [1.82, 2.24) is 20.5 Å². The molecule has 0 aliphatic heterocycles. The lowest BCUT2D eigenvalue weighted by Gasteiger charge is -2.18. The lowest BCUT2D eigenvalue weighted by Crippen LogP contribution is -2.24. The summed E-state index contributed by atoms with van der Waals surface area (Å²) in [7, 11) is 0. The molecule has 1 atom stereocenters. The Hall–Kier alpha value is -1.33. The van der Waals surface area contributed by atoms with E-state index in [0.29, 0.717) is 0 Å². The molecule has 0 saturated carbocycles. The van der Waals surface area contributed by atoms with Crippen LogP contribution in [-0.4, -0.2) is 21.7 Å². The third-order valence-electron chi connectivity index (χ3n) is 2.85. The first-order valence-corrected chi connectivity index (χ1v) is 7.19. The molecule has 5 heteroatoms. The molecule has 0 saturated heterocycles. The summed E-state index contributed by atoms with van der Waals surface area (Å²) in [6.07, 6.45) is 7.32. The Morgan fingerprint density at radius 3 is 2.74 bits per heavy atom. The number of pyridine rings is 1. The molecule has 1 unspecified atom stereocenters. The van der Waals surface area contributed by atoms with E-state index in [9.17, 15) is 0 Å². The number of halogens is 1. The summed E-state index contributed by atoms with van der Waals surface area (Å²) in [5, 5.41) is 11.3. The molecule has 0 radical (unpaired) electrons. The molecule has 19 heavy (non-hydrogen) atoms. The molecule has 0 aromatic carbocycles. The fourth-order valence-corrected chi connectivity index (χ4v) is 2.10. The second-order valence-corrected chi connectivity index (χ2v) is 5.27. The standard InChI is InChI=1S/C14H17BrN4/c1-2-6-16-14(11-5-7-18-19-9-11)8-13-4-3-12(15)10-17-13/h3-5,7,9-10,14,16H,2,6,8H2,1H3. The summed E-state index contributed by atoms with van der Waals surface area (Å²) in [4.78, 5) is 4.43. The summed E-state index contributed by atoms with van der Waals surface area (Å²) in [6.45, 7) is 3.14. The van der Waals surface area contributed by atoms with Crippen LogP contribution in [0.5, 0.6) is 0 Å². The number of nitrogens with one attached hydrogen (secondary N) is 1. The van der Waals surface area contributed by atoms with Gasteiger partial charge in [0.2, 0.25) is 0 Å². The molecular formula is C14H17BrN4. The zero-order valence-electron chi connectivity index (χ0n) is 10.9. The topological polar surface area (TPSA) is 50.7 Å². The van der Waals surface area contributed by atoms with Crippen molar-refractivity contribution in [2.45, 2.75) is 25.8 Å². The van der Waals surface area contributed by atoms with Gasteiger partial charge >= 0.3 is 0 Å². The first-order chi connectivity index (χ1) is 9.29. The van der Waals surface area contributed by atoms with E-state index in [1.807, 2.05) is 30.6 Å². The molecule has 2 heterocycles. The van der Waals surface area contributed by atoms with E-state index in [-0.39, 0.29) is 6.04 Å². The fourth-order valence-electron chi connectivity index (χ4n) is 1.87. The van der Waals surface area contributed by atoms with Crippen molar-refractivity contribution in [3.63, 3.8) is 0 Å². The summed E-state index contributed by atoms with van der Waals surface area (Å²) < 4.78 is 1.000. The van der Waals surface area contributed by atoms with Gasteiger partial charge in [-0.15, -0.1) is 0 Å². The largest absolute Gasteiger partial charge is 0.310 e. The lowest BCUT2D eigenvalue weighted by molar-refractivity contribution is 0.522. The molecule has 0 bridgehead atoms. The maximum Gasteiger partial charge on any atom is 0.0544 e. The van der Waals surface area contributed by atoms with Gasteiger partial charge < -0.3 is 5.32 Å². The van der Waals surface area contributed by atoms with Crippen LogP contribution in [0.15, 0.2) is 41.3 Å². The fraction of sp³-hybridized carbons (Fsp3) is 0.357. The third kappa shape index (κ3) is 4.36. The molecule has 0 aliphatic carbocycles. The van der Waals surface area contributed by atoms with E-state index in [1.165, 1.54) is 0 Å². The van der Waals surface area contributed by atoms with Crippen LogP contribution in [0.3, 0.4) is 0 Å². The molecule has 0 fully saturated rings. The van der Waals surface area contributed by atoms with Crippen molar-refractivity contribution in [3.05, 3.63) is 52.5 Å². The van der Waals surface area contributed by atoms with Crippen LogP contribution >= 0.6 is 15.9 Å². The van der Waals surface area contributed by atoms with Crippen molar-refractivity contribution < 1.29 is 0 Å². The monoisotopic (exact) mass is 320 g/mol. The van der Waals surface area contributed by atoms with Gasteiger partial charge in [-0.1, -0.05) is 6.92 Å². The van der Waals surface area contributed by atoms with Gasteiger partial charge in [0.1, 0.15) is 0 Å². The van der Waals surface area contributed by atoms with Gasteiger partial charge in [-0.05, 0) is 52.7 Å². The normalized spacial score (nSPS) is 12.3. The number of hydrogen-bond donors (Lipinski definition) is 1. The van der Waals surface area contributed by atoms with Crippen molar-refractivity contribution in [3.8, 4) is 0 Å². The van der Waals surface area contributed by atoms with Gasteiger partial charge in [0.05, 0.1) is 6.20 Å². The smallest absolute Gasteiger partial charge is 0.0544 e. The Balaban J connectivity index is 2.11. The zero-order chi connectivity index (χ0) is 13.5. The maximum atomic E-state index is 4.43. The second-order valence-electron chi connectivity index (χ2n) is 4.35. The molecule has 2 rings (SSSR count). The predicted octanol–water partition coefficient (Wildman–Crippen LogP) is 2.92. The van der Waals surface area contributed by atoms with Crippen molar-refractivity contribution in [2.75, 3.05) is 6.54 Å². The van der Waals surface area contributed by atoms with Gasteiger partial charge in [0, 0.05) is 35.0 Å². The Bertz CT molecular complexity index is 487. The molecule has 2 aromatic rings. The first kappa shape index (κ1) is 14.1. The van der Waals surface area contributed by atoms with Crippen LogP contribution in [0.2, 0.25) is 0 Å². The zero-order valence-corrected chi connectivity index (χ0v) is 12.5. The third-order valence-corrected chi connectivity index (χ3v) is 3.32. The molecule has 0 spiro atoms. The van der Waals surface area contributed by atoms with E-state index < -0.39 is 0 Å². The van der Waals surface area contributed by atoms with Crippen molar-refractivity contribution >= 4 is 15.9 Å². The van der Waals surface area contributed by atoms with Crippen LogP contribution in [0.1, 0.15) is 30.6 Å². The Labute approximate surface area is 121 Å². The van der Waals surface area contributed by atoms with E-state index in [0.717, 1.165) is 35.1 Å². The number of rotatable bonds is 6. The molecule has 2 aromatic heterocycles. The highest BCUT2D eigenvalue weighted by Crippen LogP contribution is 2.17. The second kappa shape index (κ2) is 7.31. The Morgan fingerprint density at radius 1 is 1.21 bits per heavy atom. The lowest BCUT2D eigenvalue weighted by atomic mass is 10.0. The first-order valence-electron chi connectivity index (χ1n) is 6.40. The molecule has 0 amide bonds. The number of nitrogens with zero attached hydrogens (tertiary/aromatic N) is 3. The van der Waals surface area contributed by atoms with Crippen LogP contribution in [0.25, 0.3) is 0 Å². The molecule has 1 N–H and O–H groups in total. The van der Waals surface area contributed by atoms with Crippen molar-refractivity contribution in [1.29, 1.82) is 0 Å². The average Bonchev–Trinajstić information content (AvgIpc) is 2.46. The maximum absolute atomic E-state index is 4.43. The minimum Gasteiger partial charge on any atom is -0.310 e. The average molecular weight is 321 g/mol. The highest BCUT2D eigenvalue weighted by atomic mass is 79.9. The summed E-state index contributed by atoms with van der Waals surface area (Å²) in [5.41, 5.74) is 2.21. The summed E-state index contributed by atoms with van der Waals surface area (Å²) in [5.74, 6) is 0. The molecular weight excluding hydrogens is 304 g/mol. The van der Waals surface area contributed by atoms with Gasteiger partial charge in [-0.3, -0.25) is 4.98 Å². The van der Waals surface area contributed by atoms with E-state index in [2.05, 4.69) is 43.4 Å².